The lowest BCUT2D eigenvalue weighted by molar-refractivity contribution is 0.0442. The number of hydrogen-bond donors (Lipinski definition) is 2. The summed E-state index contributed by atoms with van der Waals surface area (Å²) in [6.45, 7) is 0. The Labute approximate surface area is 187 Å². The molecule has 2 aliphatic rings. The van der Waals surface area contributed by atoms with Crippen molar-refractivity contribution < 1.29 is 31.5 Å². The fraction of sp³-hybridized carbons (Fsp3) is 0.318. The first-order valence-electron chi connectivity index (χ1n) is 9.67. The minimum absolute atomic E-state index is 0.115. The van der Waals surface area contributed by atoms with Crippen LogP contribution < -0.4 is 5.32 Å². The van der Waals surface area contributed by atoms with E-state index in [1.165, 1.54) is 12.1 Å². The molecule has 2 fully saturated rings. The van der Waals surface area contributed by atoms with Crippen LogP contribution in [-0.4, -0.2) is 30.3 Å². The third kappa shape index (κ3) is 3.56. The first-order valence-corrected chi connectivity index (χ1v) is 11.6. The molecule has 2 aromatic carbocycles. The molecule has 0 radical (unpaired) electrons. The van der Waals surface area contributed by atoms with Crippen LogP contribution in [0.1, 0.15) is 29.6 Å². The Morgan fingerprint density at radius 1 is 1.19 bits per heavy atom. The summed E-state index contributed by atoms with van der Waals surface area (Å²) in [5, 5.41) is 11.8. The van der Waals surface area contributed by atoms with Gasteiger partial charge in [-0.05, 0) is 43.4 Å². The molecule has 2 saturated carbocycles. The molecule has 2 unspecified atom stereocenters. The lowest BCUT2D eigenvalue weighted by Gasteiger charge is -2.27. The summed E-state index contributed by atoms with van der Waals surface area (Å²) in [4.78, 5) is 12.3. The van der Waals surface area contributed by atoms with Gasteiger partial charge >= 0.3 is 0 Å². The van der Waals surface area contributed by atoms with Crippen LogP contribution in [0.2, 0.25) is 5.02 Å². The van der Waals surface area contributed by atoms with E-state index in [0.717, 1.165) is 6.07 Å². The molecule has 2 aromatic rings. The Morgan fingerprint density at radius 2 is 1.84 bits per heavy atom. The summed E-state index contributed by atoms with van der Waals surface area (Å²) in [6.07, 6.45) is 6.66. The summed E-state index contributed by atoms with van der Waals surface area (Å²) >= 11 is 6.15. The summed E-state index contributed by atoms with van der Waals surface area (Å²) in [5.41, 5.74) is -2.01. The number of halogens is 4. The molecule has 2 bridgehead atoms. The molecule has 10 heteroatoms. The minimum Gasteiger partial charge on any atom is -0.377 e. The van der Waals surface area contributed by atoms with E-state index >= 15 is 0 Å². The zero-order valence-electron chi connectivity index (χ0n) is 16.4. The van der Waals surface area contributed by atoms with Gasteiger partial charge in [0.25, 0.3) is 5.91 Å². The van der Waals surface area contributed by atoms with Gasteiger partial charge < -0.3 is 10.4 Å². The maximum absolute atomic E-state index is 13.4. The quantitative estimate of drug-likeness (QED) is 0.509. The van der Waals surface area contributed by atoms with Gasteiger partial charge in [0.05, 0.1) is 15.2 Å². The van der Waals surface area contributed by atoms with Crippen LogP contribution >= 0.6 is 11.6 Å². The molecule has 0 saturated heterocycles. The molecule has 5 nitrogen and oxygen atoms in total. The van der Waals surface area contributed by atoms with Gasteiger partial charge in [-0.2, -0.15) is 0 Å². The Balaban J connectivity index is 1.66. The number of anilines is 1. The smallest absolute Gasteiger partial charge is 0.255 e. The molecule has 32 heavy (non-hydrogen) atoms. The number of terminal acetylenes is 1. The maximum atomic E-state index is 13.4. The van der Waals surface area contributed by atoms with Crippen LogP contribution in [0.3, 0.4) is 0 Å². The monoisotopic (exact) mass is 483 g/mol. The topological polar surface area (TPSA) is 83.5 Å². The van der Waals surface area contributed by atoms with Crippen molar-refractivity contribution >= 4 is 33.0 Å². The van der Waals surface area contributed by atoms with E-state index in [1.54, 1.807) is 0 Å². The molecule has 1 amide bonds. The van der Waals surface area contributed by atoms with Gasteiger partial charge in [0.1, 0.15) is 5.60 Å². The molecular formula is C22H17ClF3NO4S. The zero-order valence-corrected chi connectivity index (χ0v) is 18.0. The Kier molecular flexibility index (Phi) is 5.52. The fourth-order valence-corrected chi connectivity index (χ4v) is 7.70. The first-order chi connectivity index (χ1) is 15.0. The molecule has 2 N–H and O–H groups in total. The Hall–Kier alpha value is -2.54. The maximum Gasteiger partial charge on any atom is 0.255 e. The molecule has 0 aromatic heterocycles. The lowest BCUT2D eigenvalue weighted by Crippen LogP contribution is -2.37. The normalized spacial score (nSPS) is 26.7. The average molecular weight is 484 g/mol. The third-order valence-corrected chi connectivity index (χ3v) is 9.07. The van der Waals surface area contributed by atoms with Crippen LogP contribution in [0, 0.1) is 41.6 Å². The number of rotatable bonds is 4. The number of carbonyl (C=O) groups excluding carboxylic acids is 1. The van der Waals surface area contributed by atoms with Crippen molar-refractivity contribution in [2.75, 3.05) is 5.32 Å². The predicted molar refractivity (Wildman–Crippen MR) is 111 cm³/mol. The molecule has 0 aliphatic heterocycles. The van der Waals surface area contributed by atoms with Crippen molar-refractivity contribution in [3.8, 4) is 12.3 Å². The van der Waals surface area contributed by atoms with E-state index in [0.29, 0.717) is 25.0 Å². The van der Waals surface area contributed by atoms with E-state index in [4.69, 9.17) is 18.0 Å². The Bertz CT molecular complexity index is 1250. The average Bonchev–Trinajstić information content (AvgIpc) is 3.28. The number of hydrogen-bond acceptors (Lipinski definition) is 4. The van der Waals surface area contributed by atoms with Crippen molar-refractivity contribution in [2.24, 2.45) is 11.8 Å². The number of nitrogens with one attached hydrogen (secondary N) is 1. The number of sulfone groups is 1. The second-order valence-electron chi connectivity index (χ2n) is 8.08. The van der Waals surface area contributed by atoms with Gasteiger partial charge in [-0.25, -0.2) is 21.6 Å². The number of aliphatic hydroxyl groups is 1. The number of amides is 1. The van der Waals surface area contributed by atoms with Crippen LogP contribution in [0.15, 0.2) is 35.2 Å². The van der Waals surface area contributed by atoms with Crippen molar-refractivity contribution in [1.82, 2.24) is 0 Å². The number of benzene rings is 2. The third-order valence-electron chi connectivity index (χ3n) is 6.25. The molecule has 0 spiro atoms. The fourth-order valence-electron chi connectivity index (χ4n) is 4.81. The summed E-state index contributed by atoms with van der Waals surface area (Å²) in [6, 6.07) is 4.73. The zero-order chi connectivity index (χ0) is 23.4. The van der Waals surface area contributed by atoms with E-state index in [-0.39, 0.29) is 33.5 Å². The highest BCUT2D eigenvalue weighted by atomic mass is 35.5. The second kappa shape index (κ2) is 7.80. The highest BCUT2D eigenvalue weighted by Gasteiger charge is 2.60. The second-order valence-corrected chi connectivity index (χ2v) is 10.6. The van der Waals surface area contributed by atoms with Gasteiger partial charge in [0.2, 0.25) is 0 Å². The molecule has 4 rings (SSSR count). The van der Waals surface area contributed by atoms with Gasteiger partial charge in [-0.15, -0.1) is 6.42 Å². The first kappa shape index (κ1) is 22.6. The van der Waals surface area contributed by atoms with E-state index < -0.39 is 50.0 Å². The minimum atomic E-state index is -4.07. The number of carbonyl (C=O) groups is 1. The van der Waals surface area contributed by atoms with Gasteiger partial charge in [0, 0.05) is 29.3 Å². The molecule has 4 atom stereocenters. The number of fused-ring (bicyclic) bond motifs is 2. The van der Waals surface area contributed by atoms with E-state index in [2.05, 4.69) is 11.2 Å². The van der Waals surface area contributed by atoms with Crippen LogP contribution in [0.25, 0.3) is 0 Å². The highest BCUT2D eigenvalue weighted by Crippen LogP contribution is 2.55. The molecule has 2 aliphatic carbocycles. The Morgan fingerprint density at radius 3 is 2.44 bits per heavy atom. The standard InChI is InChI=1S/C22H17ClF3NO4S/c1-2-22(29)10-12-3-5-14(22)20(12)32(30,31)18-7-11(4-6-15(18)23)21(28)27-13-8-16(24)19(26)17(25)9-13/h1,4,6-9,12,14,20,29H,3,5,10H2,(H,27,28)/t12?,14?,20-,22+/m1/s1. The SMILES string of the molecule is C#C[C@]1(O)CC2CCC1[C@@H]2S(=O)(=O)c1cc(C(=O)Nc2cc(F)c(F)c(F)c2)ccc1Cl. The summed E-state index contributed by atoms with van der Waals surface area (Å²) < 4.78 is 66.8. The predicted octanol–water partition coefficient (Wildman–Crippen LogP) is 3.95. The van der Waals surface area contributed by atoms with Gasteiger partial charge in [-0.1, -0.05) is 17.5 Å². The van der Waals surface area contributed by atoms with Crippen molar-refractivity contribution in [3.05, 3.63) is 58.4 Å². The van der Waals surface area contributed by atoms with Crippen molar-refractivity contribution in [1.29, 1.82) is 0 Å². The van der Waals surface area contributed by atoms with E-state index in [9.17, 15) is 31.5 Å². The van der Waals surface area contributed by atoms with Gasteiger partial charge in [0.15, 0.2) is 27.3 Å². The lowest BCUT2D eigenvalue weighted by atomic mass is 9.85. The summed E-state index contributed by atoms with van der Waals surface area (Å²) in [7, 11) is -4.07. The van der Waals surface area contributed by atoms with E-state index in [1.807, 2.05) is 0 Å². The highest BCUT2D eigenvalue weighted by molar-refractivity contribution is 7.92. The van der Waals surface area contributed by atoms with Crippen LogP contribution in [0.5, 0.6) is 0 Å². The molecule has 168 valence electrons. The molecular weight excluding hydrogens is 467 g/mol. The largest absolute Gasteiger partial charge is 0.377 e. The van der Waals surface area contributed by atoms with Crippen LogP contribution in [0.4, 0.5) is 18.9 Å². The molecule has 0 heterocycles. The van der Waals surface area contributed by atoms with Crippen molar-refractivity contribution in [2.45, 2.75) is 35.0 Å². The van der Waals surface area contributed by atoms with Crippen molar-refractivity contribution in [3.63, 3.8) is 0 Å². The summed E-state index contributed by atoms with van der Waals surface area (Å²) in [5.74, 6) is -4.21. The van der Waals surface area contributed by atoms with Gasteiger partial charge in [-0.3, -0.25) is 4.79 Å². The van der Waals surface area contributed by atoms with Crippen LogP contribution in [-0.2, 0) is 9.84 Å².